The average Bonchev–Trinajstić information content (AvgIpc) is 3.86. The van der Waals surface area contributed by atoms with E-state index in [0.717, 1.165) is 0 Å². The number of carboxylic acid groups (broad SMARTS) is 1. The van der Waals surface area contributed by atoms with Gasteiger partial charge in [0, 0.05) is 38.4 Å². The maximum Gasteiger partial charge on any atom is 0.352 e. The first-order valence-corrected chi connectivity index (χ1v) is 24.1. The number of aliphatic carboxylic acids is 1. The fraction of sp³-hybridized carbons (Fsp3) is 0.600. The highest BCUT2D eigenvalue weighted by atomic mass is 16.4. The van der Waals surface area contributed by atoms with E-state index in [0.29, 0.717) is 44.2 Å². The van der Waals surface area contributed by atoms with Crippen LogP contribution in [-0.4, -0.2) is 173 Å². The lowest BCUT2D eigenvalue weighted by Gasteiger charge is -2.28. The van der Waals surface area contributed by atoms with Crippen molar-refractivity contribution in [2.75, 3.05) is 45.8 Å². The number of nitrogens with one attached hydrogen (secondary N) is 6. The number of unbranched alkanes of at least 4 members (excludes halogenated alkanes) is 2. The van der Waals surface area contributed by atoms with E-state index >= 15 is 0 Å². The number of pyridine rings is 1. The van der Waals surface area contributed by atoms with Crippen LogP contribution in [0.3, 0.4) is 0 Å². The highest BCUT2D eigenvalue weighted by Gasteiger charge is 2.38. The van der Waals surface area contributed by atoms with E-state index in [2.05, 4.69) is 46.9 Å². The molecule has 0 saturated carbocycles. The number of nitrogens with two attached hydrogens (primary N) is 7. The molecule has 28 nitrogen and oxygen atoms in total. The van der Waals surface area contributed by atoms with Crippen LogP contribution < -0.4 is 72.0 Å². The van der Waals surface area contributed by atoms with Gasteiger partial charge < -0.3 is 87.1 Å². The molecule has 1 aliphatic rings. The van der Waals surface area contributed by atoms with Gasteiger partial charge in [0.25, 0.3) is 11.8 Å². The van der Waals surface area contributed by atoms with Crippen LogP contribution in [0.4, 0.5) is 0 Å². The highest BCUT2D eigenvalue weighted by molar-refractivity contribution is 6.40. The Morgan fingerprint density at radius 2 is 1.48 bits per heavy atom. The number of carbonyl (C=O) groups excluding carboxylic acids is 8. The fourth-order valence-corrected chi connectivity index (χ4v) is 7.26. The largest absolute Gasteiger partial charge is 0.477 e. The molecule has 28 heteroatoms. The molecule has 0 aromatic carbocycles. The van der Waals surface area contributed by atoms with Gasteiger partial charge in [-0.1, -0.05) is 12.5 Å². The van der Waals surface area contributed by atoms with Crippen LogP contribution in [0.25, 0.3) is 0 Å². The molecule has 7 atom stereocenters. The van der Waals surface area contributed by atoms with Gasteiger partial charge in [0.1, 0.15) is 41.6 Å². The molecule has 406 valence electrons. The Kier molecular flexibility index (Phi) is 28.6. The molecular formula is C45H75N17O11. The molecule has 22 N–H and O–H groups in total. The standard InChI is InChI=1S/C45H75N17O11/c1-26(56-42(70)36(34(63)24-49)61-38(66)28(50)9-2-4-16-46)37(65)55-25-35(64)57-30(11-6-18-48)43(71)62-22-8-13-33(62)41(69)60-32(23-27-14-20-53-21-15-27)40(68)58-29(10-3-5-17-47)39(67)59-31(44(72)73)12-7-19-54-45(51)52/h12,14-15,20-21,26,28-29,32-34,36,63H,2-11,13,16-19,22-25,46-50H2,1H3,(H,55,65)(H,56,70)(H,58,68)(H,59,67)(H,60,69)(H,61,66)(H,72,73)(H4,51,52,54)/b31-12-,57-30?/t26-,28-,29-,32-,33-,34-,36-/m0/s1. The minimum absolute atomic E-state index is 0.0408. The molecule has 2 heterocycles. The van der Waals surface area contributed by atoms with Crippen molar-refractivity contribution in [3.63, 3.8) is 0 Å². The number of hydrogen-bond donors (Lipinski definition) is 15. The van der Waals surface area contributed by atoms with Crippen molar-refractivity contribution < 1.29 is 53.4 Å². The number of nitrogens with zero attached hydrogens (tertiary/aromatic N) is 4. The lowest BCUT2D eigenvalue weighted by atomic mass is 10.0. The van der Waals surface area contributed by atoms with Crippen molar-refractivity contribution in [2.45, 2.75) is 126 Å². The Morgan fingerprint density at radius 3 is 2.10 bits per heavy atom. The Labute approximate surface area is 423 Å². The fourth-order valence-electron chi connectivity index (χ4n) is 7.26. The van der Waals surface area contributed by atoms with Crippen molar-refractivity contribution in [1.29, 1.82) is 0 Å². The lowest BCUT2D eigenvalue weighted by molar-refractivity contribution is -0.137. The van der Waals surface area contributed by atoms with Gasteiger partial charge in [-0.05, 0) is 108 Å². The molecule has 1 saturated heterocycles. The lowest BCUT2D eigenvalue weighted by Crippen LogP contribution is -2.60. The van der Waals surface area contributed by atoms with Gasteiger partial charge in [-0.3, -0.25) is 48.3 Å². The van der Waals surface area contributed by atoms with E-state index in [4.69, 9.17) is 40.1 Å². The van der Waals surface area contributed by atoms with Crippen molar-refractivity contribution in [1.82, 2.24) is 41.8 Å². The van der Waals surface area contributed by atoms with Crippen LogP contribution in [-0.2, 0) is 49.6 Å². The summed E-state index contributed by atoms with van der Waals surface area (Å²) in [5.41, 5.74) is 38.9. The third-order valence-corrected chi connectivity index (χ3v) is 11.3. The first-order chi connectivity index (χ1) is 34.8. The van der Waals surface area contributed by atoms with E-state index in [1.54, 1.807) is 12.1 Å². The number of carboxylic acids is 1. The van der Waals surface area contributed by atoms with Gasteiger partial charge in [-0.15, -0.1) is 0 Å². The number of hydrogen-bond acceptors (Lipinski definition) is 17. The molecule has 1 fully saturated rings. The zero-order valence-electron chi connectivity index (χ0n) is 41.3. The van der Waals surface area contributed by atoms with Crippen LogP contribution in [0.1, 0.15) is 83.1 Å². The quantitative estimate of drug-likeness (QED) is 0.0135. The van der Waals surface area contributed by atoms with Crippen LogP contribution in [0.15, 0.2) is 46.3 Å². The first-order valence-electron chi connectivity index (χ1n) is 24.1. The van der Waals surface area contributed by atoms with Crippen LogP contribution in [0, 0.1) is 0 Å². The molecule has 2 rings (SSSR count). The zero-order valence-corrected chi connectivity index (χ0v) is 41.3. The van der Waals surface area contributed by atoms with E-state index in [-0.39, 0.29) is 82.8 Å². The Morgan fingerprint density at radius 1 is 0.822 bits per heavy atom. The SMILES string of the molecule is C[C@H](NC(=O)[C@@H](NC(=O)[C@@H](N)CCCCN)[C@@H](O)CN)C(=O)NCC(=O)N=C(CCCN)C(=O)N1CCC[C@H]1C(=O)N[C@@H](Cc1ccncc1)C(=O)N[C@@H](CCCCN)C(=O)N/C(=C\CCN=C(N)N)C(=O)O. The van der Waals surface area contributed by atoms with E-state index in [9.17, 15) is 53.4 Å². The summed E-state index contributed by atoms with van der Waals surface area (Å²) in [4.78, 5) is 133. The molecule has 0 spiro atoms. The number of likely N-dealkylation sites (tertiary alicyclic amines) is 1. The number of aliphatic imine (C=N–C) groups is 2. The smallest absolute Gasteiger partial charge is 0.352 e. The number of amides is 8. The summed E-state index contributed by atoms with van der Waals surface area (Å²) in [7, 11) is 0. The molecule has 0 aliphatic carbocycles. The van der Waals surface area contributed by atoms with E-state index in [1.807, 2.05) is 0 Å². The third-order valence-electron chi connectivity index (χ3n) is 11.3. The molecular weight excluding hydrogens is 955 g/mol. The summed E-state index contributed by atoms with van der Waals surface area (Å²) in [5, 5.41) is 34.9. The molecule has 73 heavy (non-hydrogen) atoms. The Balaban J connectivity index is 2.27. The second-order valence-electron chi connectivity index (χ2n) is 17.1. The summed E-state index contributed by atoms with van der Waals surface area (Å²) in [6, 6.07) is -4.42. The van der Waals surface area contributed by atoms with Gasteiger partial charge in [0.15, 0.2) is 5.96 Å². The number of aliphatic hydroxyl groups excluding tert-OH is 1. The summed E-state index contributed by atoms with van der Waals surface area (Å²) >= 11 is 0. The normalized spacial score (nSPS) is 16.1. The second kappa shape index (κ2) is 33.6. The van der Waals surface area contributed by atoms with E-state index < -0.39 is 114 Å². The van der Waals surface area contributed by atoms with Crippen molar-refractivity contribution >= 4 is 64.9 Å². The van der Waals surface area contributed by atoms with Crippen LogP contribution >= 0.6 is 0 Å². The van der Waals surface area contributed by atoms with Gasteiger partial charge in [-0.2, -0.15) is 0 Å². The molecule has 1 aromatic heterocycles. The Bertz CT molecular complexity index is 2110. The Hall–Kier alpha value is -6.98. The molecule has 0 unspecified atom stereocenters. The minimum atomic E-state index is -1.57. The predicted molar refractivity (Wildman–Crippen MR) is 268 cm³/mol. The van der Waals surface area contributed by atoms with Crippen molar-refractivity contribution in [2.24, 2.45) is 50.1 Å². The van der Waals surface area contributed by atoms with Gasteiger partial charge in [0.2, 0.25) is 35.4 Å². The molecule has 0 radical (unpaired) electrons. The predicted octanol–water partition coefficient (Wildman–Crippen LogP) is -5.95. The monoisotopic (exact) mass is 1030 g/mol. The number of aliphatic hydroxyl groups is 1. The van der Waals surface area contributed by atoms with Gasteiger partial charge >= 0.3 is 5.97 Å². The van der Waals surface area contributed by atoms with Crippen molar-refractivity contribution in [3.05, 3.63) is 41.9 Å². The number of rotatable bonds is 33. The first kappa shape index (κ1) is 62.1. The zero-order chi connectivity index (χ0) is 54.5. The van der Waals surface area contributed by atoms with Crippen LogP contribution in [0.5, 0.6) is 0 Å². The topological polar surface area (TPSA) is 489 Å². The molecule has 1 aromatic rings. The minimum Gasteiger partial charge on any atom is -0.477 e. The summed E-state index contributed by atoms with van der Waals surface area (Å²) < 4.78 is 0. The molecule has 8 amide bonds. The molecule has 1 aliphatic heterocycles. The molecule has 0 bridgehead atoms. The van der Waals surface area contributed by atoms with Gasteiger partial charge in [-0.25, -0.2) is 9.79 Å². The maximum atomic E-state index is 14.1. The number of carbonyl (C=O) groups is 9. The summed E-state index contributed by atoms with van der Waals surface area (Å²) in [6.07, 6.45) is 5.54. The summed E-state index contributed by atoms with van der Waals surface area (Å²) in [6.45, 7) is 1.01. The van der Waals surface area contributed by atoms with E-state index in [1.165, 1.54) is 30.3 Å². The summed E-state index contributed by atoms with van der Waals surface area (Å²) in [5.74, 6) is -8.34. The van der Waals surface area contributed by atoms with Crippen LogP contribution in [0.2, 0.25) is 0 Å². The number of guanidine groups is 1. The van der Waals surface area contributed by atoms with Gasteiger partial charge in [0.05, 0.1) is 18.7 Å². The third kappa shape index (κ3) is 22.5. The second-order valence-corrected chi connectivity index (χ2v) is 17.1. The number of aromatic nitrogens is 1. The van der Waals surface area contributed by atoms with Crippen molar-refractivity contribution in [3.8, 4) is 0 Å². The maximum absolute atomic E-state index is 14.1. The average molecular weight is 1030 g/mol. The highest BCUT2D eigenvalue weighted by Crippen LogP contribution is 2.20.